The molecule has 118 valence electrons. The number of pyridine rings is 1. The van der Waals surface area contributed by atoms with Gasteiger partial charge in [0.25, 0.3) is 0 Å². The number of methoxy groups -OCH3 is 1. The van der Waals surface area contributed by atoms with Crippen molar-refractivity contribution in [2.45, 2.75) is 13.8 Å². The van der Waals surface area contributed by atoms with Crippen molar-refractivity contribution in [3.05, 3.63) is 47.9 Å². The predicted molar refractivity (Wildman–Crippen MR) is 94.4 cm³/mol. The maximum Gasteiger partial charge on any atom is 0.162 e. The number of nitrogens with one attached hydrogen (secondary N) is 1. The smallest absolute Gasteiger partial charge is 0.162 e. The normalized spacial score (nSPS) is 10.8. The second-order valence-electron chi connectivity index (χ2n) is 5.54. The van der Waals surface area contributed by atoms with Gasteiger partial charge in [0.1, 0.15) is 11.3 Å². The number of imidazole rings is 1. The van der Waals surface area contributed by atoms with Crippen molar-refractivity contribution in [3.63, 3.8) is 0 Å². The van der Waals surface area contributed by atoms with Gasteiger partial charge in [0, 0.05) is 18.3 Å². The second kappa shape index (κ2) is 5.76. The molecule has 0 unspecified atom stereocenters. The molecule has 5 nitrogen and oxygen atoms in total. The van der Waals surface area contributed by atoms with Crippen molar-refractivity contribution in [2.24, 2.45) is 7.05 Å². The van der Waals surface area contributed by atoms with Crippen LogP contribution in [0, 0.1) is 13.8 Å². The van der Waals surface area contributed by atoms with Crippen LogP contribution in [-0.2, 0) is 7.05 Å². The van der Waals surface area contributed by atoms with E-state index in [4.69, 9.17) is 4.74 Å². The molecule has 0 fully saturated rings. The van der Waals surface area contributed by atoms with Crippen LogP contribution in [0.1, 0.15) is 16.8 Å². The van der Waals surface area contributed by atoms with Crippen molar-refractivity contribution < 1.29 is 4.74 Å². The number of fused-ring (bicyclic) bond motifs is 1. The Labute approximate surface area is 135 Å². The Kier molecular flexibility index (Phi) is 3.78. The number of aromatic nitrogens is 3. The van der Waals surface area contributed by atoms with E-state index in [1.165, 1.54) is 0 Å². The van der Waals surface area contributed by atoms with Crippen LogP contribution in [0.15, 0.2) is 31.1 Å². The molecule has 0 radical (unpaired) electrons. The van der Waals surface area contributed by atoms with Gasteiger partial charge in [-0.2, -0.15) is 0 Å². The Bertz CT molecular complexity index is 896. The van der Waals surface area contributed by atoms with Crippen molar-refractivity contribution in [2.75, 3.05) is 12.4 Å². The topological polar surface area (TPSA) is 52.0 Å². The number of hydrogen-bond donors (Lipinski definition) is 1. The first-order chi connectivity index (χ1) is 11.0. The van der Waals surface area contributed by atoms with Crippen LogP contribution in [0.4, 0.5) is 11.4 Å². The van der Waals surface area contributed by atoms with Crippen molar-refractivity contribution in [3.8, 4) is 5.75 Å². The maximum atomic E-state index is 5.43. The minimum Gasteiger partial charge on any atom is -0.496 e. The van der Waals surface area contributed by atoms with Crippen molar-refractivity contribution in [1.29, 1.82) is 0 Å². The number of nitrogens with zero attached hydrogens (tertiary/aromatic N) is 3. The number of hydrogen-bond acceptors (Lipinski definition) is 4. The van der Waals surface area contributed by atoms with Gasteiger partial charge in [0.2, 0.25) is 0 Å². The third-order valence-electron chi connectivity index (χ3n) is 4.00. The van der Waals surface area contributed by atoms with E-state index >= 15 is 0 Å². The number of ether oxygens (including phenoxy) is 1. The fourth-order valence-electron chi connectivity index (χ4n) is 2.69. The van der Waals surface area contributed by atoms with Crippen LogP contribution in [0.3, 0.4) is 0 Å². The molecule has 23 heavy (non-hydrogen) atoms. The quantitative estimate of drug-likeness (QED) is 0.792. The molecule has 0 bridgehead atoms. The first kappa shape index (κ1) is 15.1. The highest BCUT2D eigenvalue weighted by molar-refractivity contribution is 5.90. The van der Waals surface area contributed by atoms with Gasteiger partial charge in [-0.25, -0.2) is 9.97 Å². The molecule has 0 atom stereocenters. The van der Waals surface area contributed by atoms with Crippen molar-refractivity contribution >= 4 is 28.6 Å². The molecule has 0 spiro atoms. The zero-order chi connectivity index (χ0) is 16.6. The van der Waals surface area contributed by atoms with E-state index in [9.17, 15) is 0 Å². The molecule has 2 aromatic heterocycles. The molecular weight excluding hydrogens is 288 g/mol. The summed E-state index contributed by atoms with van der Waals surface area (Å²) in [5.74, 6) is 0.855. The van der Waals surface area contributed by atoms with Gasteiger partial charge in [-0.15, -0.1) is 0 Å². The maximum absolute atomic E-state index is 5.43. The van der Waals surface area contributed by atoms with Crippen LogP contribution in [0.2, 0.25) is 0 Å². The molecule has 2 heterocycles. The van der Waals surface area contributed by atoms with E-state index in [1.54, 1.807) is 19.5 Å². The number of benzene rings is 1. The third kappa shape index (κ3) is 2.54. The summed E-state index contributed by atoms with van der Waals surface area (Å²) in [4.78, 5) is 9.02. The Morgan fingerprint density at radius 1 is 1.30 bits per heavy atom. The molecule has 5 heteroatoms. The lowest BCUT2D eigenvalue weighted by Crippen LogP contribution is -2.01. The summed E-state index contributed by atoms with van der Waals surface area (Å²) in [6, 6.07) is 5.98. The summed E-state index contributed by atoms with van der Waals surface area (Å²) in [6.07, 6.45) is 3.50. The van der Waals surface area contributed by atoms with Gasteiger partial charge in [0.15, 0.2) is 5.65 Å². The van der Waals surface area contributed by atoms with Crippen LogP contribution in [0.5, 0.6) is 5.75 Å². The second-order valence-corrected chi connectivity index (χ2v) is 5.54. The van der Waals surface area contributed by atoms with Crippen LogP contribution < -0.4 is 10.1 Å². The first-order valence-electron chi connectivity index (χ1n) is 7.41. The molecule has 3 rings (SSSR count). The molecule has 1 N–H and O–H groups in total. The molecular formula is C18H20N4O. The largest absolute Gasteiger partial charge is 0.496 e. The zero-order valence-electron chi connectivity index (χ0n) is 13.8. The van der Waals surface area contributed by atoms with Gasteiger partial charge < -0.3 is 14.6 Å². The highest BCUT2D eigenvalue weighted by atomic mass is 16.5. The Morgan fingerprint density at radius 2 is 2.09 bits per heavy atom. The van der Waals surface area contributed by atoms with Gasteiger partial charge in [-0.05, 0) is 37.6 Å². The standard InChI is InChI=1S/C18H20N4O/c1-6-13-9-14(17-18(20-13)22(4)10-19-17)21-16-11(2)7-8-15(23-5)12(16)3/h6-10H,1H2,2-5H3,(H,20,21). The number of aryl methyl sites for hydroxylation is 2. The summed E-state index contributed by atoms with van der Waals surface area (Å²) in [5, 5.41) is 3.50. The fourth-order valence-corrected chi connectivity index (χ4v) is 2.69. The molecule has 0 saturated carbocycles. The van der Waals surface area contributed by atoms with Crippen LogP contribution in [0.25, 0.3) is 17.2 Å². The minimum atomic E-state index is 0.807. The lowest BCUT2D eigenvalue weighted by molar-refractivity contribution is 0.412. The van der Waals surface area contributed by atoms with Crippen molar-refractivity contribution in [1.82, 2.24) is 14.5 Å². The number of anilines is 2. The van der Waals surface area contributed by atoms with E-state index in [0.717, 1.165) is 45.1 Å². The molecule has 3 aromatic rings. The van der Waals surface area contributed by atoms with E-state index in [2.05, 4.69) is 28.8 Å². The SMILES string of the molecule is C=Cc1cc(Nc2c(C)ccc(OC)c2C)c2ncn(C)c2n1. The predicted octanol–water partition coefficient (Wildman–Crippen LogP) is 3.98. The fraction of sp³-hybridized carbons (Fsp3) is 0.222. The van der Waals surface area contributed by atoms with Gasteiger partial charge in [-0.1, -0.05) is 12.6 Å². The number of rotatable bonds is 4. The summed E-state index contributed by atoms with van der Waals surface area (Å²) in [6.45, 7) is 7.93. The van der Waals surface area contributed by atoms with Gasteiger partial charge in [0.05, 0.1) is 24.8 Å². The highest BCUT2D eigenvalue weighted by Gasteiger charge is 2.13. The summed E-state index contributed by atoms with van der Waals surface area (Å²) >= 11 is 0. The lowest BCUT2D eigenvalue weighted by atomic mass is 10.1. The van der Waals surface area contributed by atoms with Crippen LogP contribution >= 0.6 is 0 Å². The molecule has 0 aliphatic carbocycles. The Balaban J connectivity index is 2.17. The third-order valence-corrected chi connectivity index (χ3v) is 4.00. The van der Waals surface area contributed by atoms with Crippen LogP contribution in [-0.4, -0.2) is 21.6 Å². The van der Waals surface area contributed by atoms with Gasteiger partial charge >= 0.3 is 0 Å². The molecule has 0 aliphatic rings. The zero-order valence-corrected chi connectivity index (χ0v) is 13.8. The van der Waals surface area contributed by atoms with E-state index in [0.29, 0.717) is 0 Å². The van der Waals surface area contributed by atoms with E-state index < -0.39 is 0 Å². The lowest BCUT2D eigenvalue weighted by Gasteiger charge is -2.16. The monoisotopic (exact) mass is 308 g/mol. The molecule has 0 aliphatic heterocycles. The van der Waals surface area contributed by atoms with Gasteiger partial charge in [-0.3, -0.25) is 0 Å². The Hall–Kier alpha value is -2.82. The average molecular weight is 308 g/mol. The molecule has 0 saturated heterocycles. The minimum absolute atomic E-state index is 0.807. The average Bonchev–Trinajstić information content (AvgIpc) is 2.93. The summed E-state index contributed by atoms with van der Waals surface area (Å²) < 4.78 is 7.33. The molecule has 1 aromatic carbocycles. The Morgan fingerprint density at radius 3 is 2.78 bits per heavy atom. The van der Waals surface area contributed by atoms with E-state index in [1.807, 2.05) is 36.7 Å². The summed E-state index contributed by atoms with van der Waals surface area (Å²) in [5.41, 5.74) is 6.60. The molecule has 0 amide bonds. The first-order valence-corrected chi connectivity index (χ1v) is 7.41. The van der Waals surface area contributed by atoms with E-state index in [-0.39, 0.29) is 0 Å². The summed E-state index contributed by atoms with van der Waals surface area (Å²) in [7, 11) is 3.61. The highest BCUT2D eigenvalue weighted by Crippen LogP contribution is 2.33.